The van der Waals surface area contributed by atoms with E-state index in [9.17, 15) is 0 Å². The average molecular weight is 540 g/mol. The molecular formula is C21H27ClIN7. The SMILES string of the molecule is CN=C(NCCc1nnc2ccccn12)N1CCN(Cc2cccc(Cl)c2)CC1.I. The monoisotopic (exact) mass is 539 g/mol. The normalized spacial score (nSPS) is 15.3. The van der Waals surface area contributed by atoms with Crippen molar-refractivity contribution in [2.75, 3.05) is 39.8 Å². The molecule has 2 aromatic heterocycles. The lowest BCUT2D eigenvalue weighted by Crippen LogP contribution is -2.52. The van der Waals surface area contributed by atoms with Gasteiger partial charge in [0.25, 0.3) is 0 Å². The molecule has 30 heavy (non-hydrogen) atoms. The van der Waals surface area contributed by atoms with Gasteiger partial charge in [-0.3, -0.25) is 14.3 Å². The zero-order valence-corrected chi connectivity index (χ0v) is 20.1. The highest BCUT2D eigenvalue weighted by molar-refractivity contribution is 14.0. The Hall–Kier alpha value is -1.91. The Morgan fingerprint density at radius 3 is 2.70 bits per heavy atom. The van der Waals surface area contributed by atoms with Crippen LogP contribution in [0.15, 0.2) is 53.7 Å². The van der Waals surface area contributed by atoms with E-state index in [0.717, 1.165) is 68.1 Å². The van der Waals surface area contributed by atoms with Crippen LogP contribution < -0.4 is 5.32 Å². The molecule has 1 saturated heterocycles. The predicted octanol–water partition coefficient (Wildman–Crippen LogP) is 2.94. The number of fused-ring (bicyclic) bond motifs is 1. The standard InChI is InChI=1S/C21H26ClN7.HI/c1-23-21(24-9-8-20-26-25-19-7-2-3-10-29(19)20)28-13-11-27(12-14-28)16-17-5-4-6-18(22)15-17;/h2-7,10,15H,8-9,11-14,16H2,1H3,(H,23,24);1H. The molecule has 1 fully saturated rings. The van der Waals surface area contributed by atoms with Gasteiger partial charge in [0, 0.05) is 64.0 Å². The quantitative estimate of drug-likeness (QED) is 0.307. The third-order valence-corrected chi connectivity index (χ3v) is 5.43. The van der Waals surface area contributed by atoms with E-state index in [1.807, 2.05) is 54.0 Å². The van der Waals surface area contributed by atoms with Crippen LogP contribution in [-0.2, 0) is 13.0 Å². The maximum atomic E-state index is 6.10. The molecule has 160 valence electrons. The van der Waals surface area contributed by atoms with E-state index in [4.69, 9.17) is 11.6 Å². The van der Waals surface area contributed by atoms with Crippen molar-refractivity contribution in [3.63, 3.8) is 0 Å². The Labute approximate surface area is 199 Å². The van der Waals surface area contributed by atoms with Gasteiger partial charge in [-0.1, -0.05) is 29.8 Å². The lowest BCUT2D eigenvalue weighted by molar-refractivity contribution is 0.172. The summed E-state index contributed by atoms with van der Waals surface area (Å²) in [6.07, 6.45) is 2.79. The van der Waals surface area contributed by atoms with Gasteiger partial charge in [-0.05, 0) is 29.8 Å². The second-order valence-electron chi connectivity index (χ2n) is 7.16. The lowest BCUT2D eigenvalue weighted by atomic mass is 10.2. The van der Waals surface area contributed by atoms with Gasteiger partial charge >= 0.3 is 0 Å². The molecule has 0 bridgehead atoms. The van der Waals surface area contributed by atoms with Crippen molar-refractivity contribution in [3.05, 3.63) is 65.1 Å². The summed E-state index contributed by atoms with van der Waals surface area (Å²) < 4.78 is 2.03. The first kappa shape index (κ1) is 22.8. The molecule has 4 rings (SSSR count). The van der Waals surface area contributed by atoms with E-state index in [0.29, 0.717) is 0 Å². The number of nitrogens with zero attached hydrogens (tertiary/aromatic N) is 6. The molecule has 1 N–H and O–H groups in total. The van der Waals surface area contributed by atoms with Crippen LogP contribution in [0, 0.1) is 0 Å². The van der Waals surface area contributed by atoms with Crippen molar-refractivity contribution in [1.29, 1.82) is 0 Å². The predicted molar refractivity (Wildman–Crippen MR) is 132 cm³/mol. The smallest absolute Gasteiger partial charge is 0.193 e. The molecule has 0 atom stereocenters. The summed E-state index contributed by atoms with van der Waals surface area (Å²) in [5.41, 5.74) is 2.14. The minimum atomic E-state index is 0. The molecule has 9 heteroatoms. The van der Waals surface area contributed by atoms with E-state index in [2.05, 4.69) is 36.4 Å². The van der Waals surface area contributed by atoms with E-state index >= 15 is 0 Å². The number of guanidine groups is 1. The maximum absolute atomic E-state index is 6.10. The van der Waals surface area contributed by atoms with E-state index < -0.39 is 0 Å². The van der Waals surface area contributed by atoms with Gasteiger partial charge in [0.2, 0.25) is 0 Å². The summed E-state index contributed by atoms with van der Waals surface area (Å²) in [5, 5.41) is 12.8. The molecule has 0 unspecified atom stereocenters. The van der Waals surface area contributed by atoms with Gasteiger partial charge in [0.15, 0.2) is 11.6 Å². The van der Waals surface area contributed by atoms with Gasteiger partial charge in [0.1, 0.15) is 5.82 Å². The van der Waals surface area contributed by atoms with Crippen LogP contribution in [0.2, 0.25) is 5.02 Å². The van der Waals surface area contributed by atoms with E-state index in [1.54, 1.807) is 0 Å². The Balaban J connectivity index is 0.00000256. The summed E-state index contributed by atoms with van der Waals surface area (Å²) in [7, 11) is 1.84. The summed E-state index contributed by atoms with van der Waals surface area (Å²) in [6, 6.07) is 14.0. The number of aliphatic imine (C=N–C) groups is 1. The number of aromatic nitrogens is 3. The summed E-state index contributed by atoms with van der Waals surface area (Å²) >= 11 is 6.10. The first-order valence-electron chi connectivity index (χ1n) is 9.94. The number of nitrogens with one attached hydrogen (secondary N) is 1. The minimum absolute atomic E-state index is 0. The van der Waals surface area contributed by atoms with Crippen LogP contribution in [0.4, 0.5) is 0 Å². The number of piperazine rings is 1. The highest BCUT2D eigenvalue weighted by atomic mass is 127. The van der Waals surface area contributed by atoms with Crippen LogP contribution in [0.5, 0.6) is 0 Å². The van der Waals surface area contributed by atoms with Crippen LogP contribution in [0.1, 0.15) is 11.4 Å². The zero-order valence-electron chi connectivity index (χ0n) is 17.0. The summed E-state index contributed by atoms with van der Waals surface area (Å²) in [5.74, 6) is 1.90. The summed E-state index contributed by atoms with van der Waals surface area (Å²) in [6.45, 7) is 5.61. The second kappa shape index (κ2) is 10.9. The minimum Gasteiger partial charge on any atom is -0.356 e. The van der Waals surface area contributed by atoms with E-state index in [1.165, 1.54) is 5.56 Å². The van der Waals surface area contributed by atoms with Crippen molar-refractivity contribution >= 4 is 47.2 Å². The van der Waals surface area contributed by atoms with Gasteiger partial charge < -0.3 is 10.2 Å². The summed E-state index contributed by atoms with van der Waals surface area (Å²) in [4.78, 5) is 9.24. The first-order chi connectivity index (χ1) is 14.2. The Morgan fingerprint density at radius 2 is 1.93 bits per heavy atom. The molecule has 7 nitrogen and oxygen atoms in total. The molecule has 3 aromatic rings. The topological polar surface area (TPSA) is 61.1 Å². The fraction of sp³-hybridized carbons (Fsp3) is 0.381. The number of pyridine rings is 1. The van der Waals surface area contributed by atoms with Crippen molar-refractivity contribution in [1.82, 2.24) is 29.7 Å². The molecule has 3 heterocycles. The Morgan fingerprint density at radius 1 is 1.10 bits per heavy atom. The van der Waals surface area contributed by atoms with Gasteiger partial charge in [-0.25, -0.2) is 0 Å². The number of benzene rings is 1. The van der Waals surface area contributed by atoms with Crippen LogP contribution in [0.3, 0.4) is 0 Å². The molecule has 1 aliphatic rings. The molecule has 0 spiro atoms. The largest absolute Gasteiger partial charge is 0.356 e. The Kier molecular flexibility index (Phi) is 8.29. The van der Waals surface area contributed by atoms with Gasteiger partial charge in [0.05, 0.1) is 0 Å². The maximum Gasteiger partial charge on any atom is 0.193 e. The Bertz CT molecular complexity index is 982. The van der Waals surface area contributed by atoms with Crippen molar-refractivity contribution in [2.45, 2.75) is 13.0 Å². The van der Waals surface area contributed by atoms with Crippen molar-refractivity contribution < 1.29 is 0 Å². The first-order valence-corrected chi connectivity index (χ1v) is 10.3. The fourth-order valence-electron chi connectivity index (χ4n) is 3.69. The van der Waals surface area contributed by atoms with Gasteiger partial charge in [-0.15, -0.1) is 34.2 Å². The molecular weight excluding hydrogens is 513 g/mol. The number of rotatable bonds is 5. The molecule has 0 radical (unpaired) electrons. The molecule has 1 aromatic carbocycles. The molecule has 1 aliphatic heterocycles. The van der Waals surface area contributed by atoms with Crippen molar-refractivity contribution in [2.24, 2.45) is 4.99 Å². The van der Waals surface area contributed by atoms with Gasteiger partial charge in [-0.2, -0.15) is 0 Å². The second-order valence-corrected chi connectivity index (χ2v) is 7.60. The third-order valence-electron chi connectivity index (χ3n) is 5.19. The lowest BCUT2D eigenvalue weighted by Gasteiger charge is -2.36. The molecule has 0 amide bonds. The van der Waals surface area contributed by atoms with E-state index in [-0.39, 0.29) is 24.0 Å². The highest BCUT2D eigenvalue weighted by Gasteiger charge is 2.19. The van der Waals surface area contributed by atoms with Crippen LogP contribution in [-0.4, -0.2) is 70.1 Å². The van der Waals surface area contributed by atoms with Crippen LogP contribution in [0.25, 0.3) is 5.65 Å². The number of hydrogen-bond donors (Lipinski definition) is 1. The fourth-order valence-corrected chi connectivity index (χ4v) is 3.90. The molecule has 0 aliphatic carbocycles. The third kappa shape index (κ3) is 5.61. The van der Waals surface area contributed by atoms with Crippen LogP contribution >= 0.6 is 35.6 Å². The average Bonchev–Trinajstić information content (AvgIpc) is 3.15. The highest BCUT2D eigenvalue weighted by Crippen LogP contribution is 2.14. The number of halogens is 2. The number of hydrogen-bond acceptors (Lipinski definition) is 4. The molecule has 0 saturated carbocycles. The zero-order chi connectivity index (χ0) is 20.1. The van der Waals surface area contributed by atoms with Crippen molar-refractivity contribution in [3.8, 4) is 0 Å².